The largest absolute Gasteiger partial charge is 0.358 e. The Balaban J connectivity index is 3.29. The Hall–Kier alpha value is -0.123. The van der Waals surface area contributed by atoms with Crippen LogP contribution in [0.2, 0.25) is 0 Å². The van der Waals surface area contributed by atoms with Gasteiger partial charge in [0.25, 0.3) is 0 Å². The van der Waals surface area contributed by atoms with Crippen molar-refractivity contribution in [2.75, 3.05) is 14.2 Å². The molecule has 16 heavy (non-hydrogen) atoms. The van der Waals surface area contributed by atoms with Crippen LogP contribution in [0, 0.1) is 0 Å². The molecule has 0 spiro atoms. The number of unbranched alkanes of at least 4 members (excludes halogenated alkanes) is 6. The lowest BCUT2D eigenvalue weighted by Crippen LogP contribution is -2.33. The summed E-state index contributed by atoms with van der Waals surface area (Å²) < 4.78 is 10.5. The van der Waals surface area contributed by atoms with Crippen molar-refractivity contribution in [2.24, 2.45) is 0 Å². The number of hydrogen-bond donors (Lipinski definition) is 0. The van der Waals surface area contributed by atoms with Gasteiger partial charge in [0.15, 0.2) is 0 Å². The number of methoxy groups -OCH3 is 2. The molecule has 0 aliphatic rings. The standard InChI is InChI=1S/C13H25O2Si/c1-4-5-6-7-8-9-10-11-12-13(16,14-2)15-3/h4H,1,5-12H2,2-3H3. The van der Waals surface area contributed by atoms with Crippen molar-refractivity contribution in [2.45, 2.75) is 56.8 Å². The predicted octanol–water partition coefficient (Wildman–Crippen LogP) is 3.41. The summed E-state index contributed by atoms with van der Waals surface area (Å²) in [5, 5.41) is 0. The van der Waals surface area contributed by atoms with Crippen LogP contribution in [0.25, 0.3) is 0 Å². The van der Waals surface area contributed by atoms with Crippen molar-refractivity contribution < 1.29 is 9.47 Å². The molecular weight excluding hydrogens is 216 g/mol. The van der Waals surface area contributed by atoms with Crippen LogP contribution in [0.1, 0.15) is 51.4 Å². The highest BCUT2D eigenvalue weighted by molar-refractivity contribution is 6.13. The summed E-state index contributed by atoms with van der Waals surface area (Å²) in [6.45, 7) is 3.72. The lowest BCUT2D eigenvalue weighted by Gasteiger charge is -2.26. The summed E-state index contributed by atoms with van der Waals surface area (Å²) in [6.07, 6.45) is 11.6. The predicted molar refractivity (Wildman–Crippen MR) is 69.6 cm³/mol. The second-order valence-corrected chi connectivity index (χ2v) is 4.87. The summed E-state index contributed by atoms with van der Waals surface area (Å²) in [7, 11) is 6.80. The molecule has 0 saturated carbocycles. The van der Waals surface area contributed by atoms with Crippen LogP contribution in [-0.4, -0.2) is 29.9 Å². The van der Waals surface area contributed by atoms with Crippen LogP contribution < -0.4 is 0 Å². The topological polar surface area (TPSA) is 18.5 Å². The molecule has 0 bridgehead atoms. The van der Waals surface area contributed by atoms with Gasteiger partial charge in [0.2, 0.25) is 0 Å². The molecule has 0 N–H and O–H groups in total. The van der Waals surface area contributed by atoms with Gasteiger partial charge in [0, 0.05) is 14.2 Å². The van der Waals surface area contributed by atoms with Crippen LogP contribution in [-0.2, 0) is 9.47 Å². The van der Waals surface area contributed by atoms with Gasteiger partial charge >= 0.3 is 0 Å². The summed E-state index contributed by atoms with van der Waals surface area (Å²) >= 11 is 0. The van der Waals surface area contributed by atoms with E-state index in [1.807, 2.05) is 6.08 Å². The molecule has 3 heteroatoms. The second kappa shape index (κ2) is 10.1. The molecule has 0 aromatic carbocycles. The van der Waals surface area contributed by atoms with Gasteiger partial charge in [0.05, 0.1) is 0 Å². The lowest BCUT2D eigenvalue weighted by atomic mass is 10.1. The smallest absolute Gasteiger partial charge is 0.143 e. The van der Waals surface area contributed by atoms with Crippen LogP contribution in [0.4, 0.5) is 0 Å². The zero-order chi connectivity index (χ0) is 12.3. The highest BCUT2D eigenvalue weighted by Gasteiger charge is 2.21. The highest BCUT2D eigenvalue weighted by Crippen LogP contribution is 2.17. The van der Waals surface area contributed by atoms with Gasteiger partial charge in [-0.3, -0.25) is 0 Å². The molecule has 0 aromatic rings. The maximum Gasteiger partial charge on any atom is 0.143 e. The quantitative estimate of drug-likeness (QED) is 0.239. The summed E-state index contributed by atoms with van der Waals surface area (Å²) in [5.74, 6) is 0. The van der Waals surface area contributed by atoms with E-state index in [0.29, 0.717) is 0 Å². The minimum absolute atomic E-state index is 0.581. The van der Waals surface area contributed by atoms with Crippen LogP contribution in [0.5, 0.6) is 0 Å². The van der Waals surface area contributed by atoms with Crippen LogP contribution in [0.15, 0.2) is 12.7 Å². The van der Waals surface area contributed by atoms with Gasteiger partial charge in [-0.1, -0.05) is 31.8 Å². The first-order valence-corrected chi connectivity index (χ1v) is 6.64. The van der Waals surface area contributed by atoms with Gasteiger partial charge < -0.3 is 9.47 Å². The minimum atomic E-state index is -0.581. The van der Waals surface area contributed by atoms with E-state index in [4.69, 9.17) is 9.47 Å². The molecule has 0 fully saturated rings. The first-order valence-electron chi connectivity index (χ1n) is 6.14. The van der Waals surface area contributed by atoms with Crippen molar-refractivity contribution in [1.82, 2.24) is 0 Å². The first-order chi connectivity index (χ1) is 7.68. The lowest BCUT2D eigenvalue weighted by molar-refractivity contribution is -0.146. The normalized spacial score (nSPS) is 11.7. The third-order valence-electron chi connectivity index (χ3n) is 2.82. The van der Waals surface area contributed by atoms with E-state index in [-0.39, 0.29) is 0 Å². The number of rotatable bonds is 11. The fourth-order valence-electron chi connectivity index (χ4n) is 1.64. The van der Waals surface area contributed by atoms with E-state index in [9.17, 15) is 0 Å². The second-order valence-electron chi connectivity index (χ2n) is 4.11. The average Bonchev–Trinajstić information content (AvgIpc) is 2.32. The zero-order valence-electron chi connectivity index (χ0n) is 10.8. The minimum Gasteiger partial charge on any atom is -0.358 e. The first kappa shape index (κ1) is 15.9. The molecule has 0 atom stereocenters. The molecular formula is C13H25O2Si. The Morgan fingerprint density at radius 3 is 2.00 bits per heavy atom. The van der Waals surface area contributed by atoms with Crippen molar-refractivity contribution in [1.29, 1.82) is 0 Å². The monoisotopic (exact) mass is 241 g/mol. The van der Waals surface area contributed by atoms with E-state index in [0.717, 1.165) is 19.3 Å². The molecule has 3 radical (unpaired) electrons. The molecule has 0 aliphatic carbocycles. The third kappa shape index (κ3) is 8.08. The average molecular weight is 241 g/mol. The Morgan fingerprint density at radius 1 is 1.00 bits per heavy atom. The molecule has 0 aromatic heterocycles. The van der Waals surface area contributed by atoms with Crippen molar-refractivity contribution in [3.05, 3.63) is 12.7 Å². The molecule has 0 heterocycles. The van der Waals surface area contributed by atoms with Gasteiger partial charge in [0.1, 0.15) is 15.7 Å². The summed E-state index contributed by atoms with van der Waals surface area (Å²) in [5.41, 5.74) is -0.581. The van der Waals surface area contributed by atoms with E-state index >= 15 is 0 Å². The fourth-order valence-corrected chi connectivity index (χ4v) is 1.82. The fraction of sp³-hybridized carbons (Fsp3) is 0.846. The van der Waals surface area contributed by atoms with Crippen molar-refractivity contribution >= 4 is 10.2 Å². The van der Waals surface area contributed by atoms with Crippen LogP contribution in [0.3, 0.4) is 0 Å². The molecule has 0 amide bonds. The number of allylic oxidation sites excluding steroid dienone is 1. The molecule has 2 nitrogen and oxygen atoms in total. The maximum absolute atomic E-state index is 5.23. The molecule has 93 valence electrons. The number of hydrogen-bond acceptors (Lipinski definition) is 2. The molecule has 0 aliphatic heterocycles. The van der Waals surface area contributed by atoms with Crippen LogP contribution >= 0.6 is 0 Å². The maximum atomic E-state index is 5.23. The van der Waals surface area contributed by atoms with E-state index in [2.05, 4.69) is 16.8 Å². The molecule has 0 saturated heterocycles. The Labute approximate surface area is 104 Å². The van der Waals surface area contributed by atoms with E-state index < -0.39 is 5.41 Å². The highest BCUT2D eigenvalue weighted by atomic mass is 28.1. The zero-order valence-corrected chi connectivity index (χ0v) is 11.8. The number of ether oxygens (including phenoxy) is 2. The van der Waals surface area contributed by atoms with E-state index in [1.54, 1.807) is 14.2 Å². The van der Waals surface area contributed by atoms with Gasteiger partial charge in [-0.05, 0) is 25.7 Å². The Morgan fingerprint density at radius 2 is 1.50 bits per heavy atom. The summed E-state index contributed by atoms with van der Waals surface area (Å²) in [4.78, 5) is 0. The Bertz CT molecular complexity index is 167. The third-order valence-corrected chi connectivity index (χ3v) is 3.48. The van der Waals surface area contributed by atoms with Crippen molar-refractivity contribution in [3.8, 4) is 0 Å². The Kier molecular flexibility index (Phi) is 9.98. The SMILES string of the molecule is C=CCCCCCCCCC([Si])(OC)OC. The van der Waals surface area contributed by atoms with E-state index in [1.165, 1.54) is 32.1 Å². The van der Waals surface area contributed by atoms with Gasteiger partial charge in [-0.15, -0.1) is 6.58 Å². The van der Waals surface area contributed by atoms with Gasteiger partial charge in [-0.2, -0.15) is 0 Å². The van der Waals surface area contributed by atoms with Crippen molar-refractivity contribution in [3.63, 3.8) is 0 Å². The van der Waals surface area contributed by atoms with Gasteiger partial charge in [-0.25, -0.2) is 0 Å². The summed E-state index contributed by atoms with van der Waals surface area (Å²) in [6, 6.07) is 0. The molecule has 0 unspecified atom stereocenters. The molecule has 0 rings (SSSR count).